The van der Waals surface area contributed by atoms with Gasteiger partial charge in [-0.05, 0) is 45.1 Å². The van der Waals surface area contributed by atoms with Gasteiger partial charge in [0, 0.05) is 16.3 Å². The highest BCUT2D eigenvalue weighted by Crippen LogP contribution is 2.36. The second-order valence-corrected chi connectivity index (χ2v) is 9.31. The molecule has 3 rings (SSSR count). The molecule has 0 aliphatic heterocycles. The third-order valence-corrected chi connectivity index (χ3v) is 7.24. The van der Waals surface area contributed by atoms with Crippen molar-refractivity contribution in [3.63, 3.8) is 0 Å². The predicted molar refractivity (Wildman–Crippen MR) is 102 cm³/mol. The molecule has 1 N–H and O–H groups in total. The summed E-state index contributed by atoms with van der Waals surface area (Å²) in [7, 11) is 0. The Labute approximate surface area is 151 Å². The molecule has 1 saturated carbocycles. The Morgan fingerprint density at radius 2 is 2.08 bits per heavy atom. The fourth-order valence-corrected chi connectivity index (χ4v) is 5.34. The van der Waals surface area contributed by atoms with Gasteiger partial charge in [-0.1, -0.05) is 31.5 Å². The van der Waals surface area contributed by atoms with Gasteiger partial charge in [-0.25, -0.2) is 9.97 Å². The van der Waals surface area contributed by atoms with E-state index < -0.39 is 0 Å². The highest BCUT2D eigenvalue weighted by atomic mass is 32.2. The normalized spacial score (nSPS) is 22.5. The van der Waals surface area contributed by atoms with Gasteiger partial charge in [-0.15, -0.1) is 11.3 Å². The van der Waals surface area contributed by atoms with Gasteiger partial charge in [0.05, 0.1) is 5.25 Å². The van der Waals surface area contributed by atoms with E-state index in [9.17, 15) is 4.79 Å². The van der Waals surface area contributed by atoms with E-state index >= 15 is 0 Å². The van der Waals surface area contributed by atoms with Crippen molar-refractivity contribution >= 4 is 39.2 Å². The Balaban J connectivity index is 1.72. The average Bonchev–Trinajstić information content (AvgIpc) is 2.85. The number of rotatable bonds is 4. The first-order valence-electron chi connectivity index (χ1n) is 8.65. The van der Waals surface area contributed by atoms with Gasteiger partial charge in [-0.3, -0.25) is 4.79 Å². The van der Waals surface area contributed by atoms with Crippen LogP contribution < -0.4 is 5.32 Å². The molecule has 0 saturated heterocycles. The van der Waals surface area contributed by atoms with Gasteiger partial charge in [0.2, 0.25) is 5.91 Å². The van der Waals surface area contributed by atoms with Gasteiger partial charge < -0.3 is 5.32 Å². The lowest BCUT2D eigenvalue weighted by molar-refractivity contribution is -0.121. The number of thiophene rings is 1. The summed E-state index contributed by atoms with van der Waals surface area (Å²) < 4.78 is 0. The Kier molecular flexibility index (Phi) is 5.45. The van der Waals surface area contributed by atoms with E-state index in [4.69, 9.17) is 0 Å². The molecule has 6 heteroatoms. The van der Waals surface area contributed by atoms with E-state index in [-0.39, 0.29) is 11.2 Å². The molecule has 2 aromatic rings. The second kappa shape index (κ2) is 7.40. The molecule has 130 valence electrons. The van der Waals surface area contributed by atoms with Crippen molar-refractivity contribution in [3.8, 4) is 0 Å². The van der Waals surface area contributed by atoms with Crippen LogP contribution >= 0.6 is 23.1 Å². The molecule has 3 atom stereocenters. The van der Waals surface area contributed by atoms with Crippen molar-refractivity contribution in [2.24, 2.45) is 5.92 Å². The topological polar surface area (TPSA) is 54.9 Å². The first-order valence-corrected chi connectivity index (χ1v) is 10.3. The van der Waals surface area contributed by atoms with Crippen LogP contribution in [0.4, 0.5) is 0 Å². The van der Waals surface area contributed by atoms with Crippen LogP contribution in [0.15, 0.2) is 11.4 Å². The summed E-state index contributed by atoms with van der Waals surface area (Å²) in [4.78, 5) is 23.7. The van der Waals surface area contributed by atoms with E-state index in [1.165, 1.54) is 29.7 Å². The van der Waals surface area contributed by atoms with E-state index in [1.54, 1.807) is 29.4 Å². The van der Waals surface area contributed by atoms with Crippen molar-refractivity contribution in [1.82, 2.24) is 15.3 Å². The second-order valence-electron chi connectivity index (χ2n) is 6.78. The third-order valence-electron chi connectivity index (χ3n) is 5.03. The minimum Gasteiger partial charge on any atom is -0.352 e. The molecule has 4 nitrogen and oxygen atoms in total. The summed E-state index contributed by atoms with van der Waals surface area (Å²) in [6.07, 6.45) is 6.43. The van der Waals surface area contributed by atoms with Crippen LogP contribution in [0.5, 0.6) is 0 Å². The minimum absolute atomic E-state index is 0.120. The summed E-state index contributed by atoms with van der Waals surface area (Å²) in [6, 6.07) is 0.324. The molecule has 2 aromatic heterocycles. The Morgan fingerprint density at radius 1 is 1.33 bits per heavy atom. The van der Waals surface area contributed by atoms with Gasteiger partial charge in [-0.2, -0.15) is 0 Å². The van der Waals surface area contributed by atoms with Crippen molar-refractivity contribution in [2.45, 2.75) is 69.7 Å². The first-order chi connectivity index (χ1) is 11.5. The number of nitrogens with one attached hydrogen (secondary N) is 1. The lowest BCUT2D eigenvalue weighted by atomic mass is 9.86. The highest BCUT2D eigenvalue weighted by Gasteiger charge is 2.26. The molecule has 0 bridgehead atoms. The van der Waals surface area contributed by atoms with E-state index in [0.717, 1.165) is 21.7 Å². The summed E-state index contributed by atoms with van der Waals surface area (Å²) in [5, 5.41) is 5.13. The van der Waals surface area contributed by atoms with E-state index in [1.807, 2.05) is 6.92 Å². The number of carbonyl (C=O) groups is 1. The largest absolute Gasteiger partial charge is 0.352 e. The van der Waals surface area contributed by atoms with Crippen molar-refractivity contribution in [1.29, 1.82) is 0 Å². The molecule has 2 heterocycles. The van der Waals surface area contributed by atoms with E-state index in [2.05, 4.69) is 36.1 Å². The summed E-state index contributed by atoms with van der Waals surface area (Å²) in [6.45, 7) is 8.43. The standard InChI is InChI=1S/C18H25N3OS2/c1-10-7-5-6-8-14(10)21-16(22)13(4)24-18-15-11(2)12(3)23-17(15)19-9-20-18/h9-10,13-14H,5-8H2,1-4H3,(H,21,22)/t10-,13+,14-/m0/s1. The maximum atomic E-state index is 12.6. The molecular weight excluding hydrogens is 338 g/mol. The zero-order valence-electron chi connectivity index (χ0n) is 14.8. The highest BCUT2D eigenvalue weighted by molar-refractivity contribution is 8.00. The Morgan fingerprint density at radius 3 is 2.83 bits per heavy atom. The fourth-order valence-electron chi connectivity index (χ4n) is 3.29. The zero-order valence-corrected chi connectivity index (χ0v) is 16.4. The van der Waals surface area contributed by atoms with Crippen LogP contribution in [0.2, 0.25) is 0 Å². The first kappa shape index (κ1) is 17.7. The lowest BCUT2D eigenvalue weighted by Gasteiger charge is -2.30. The van der Waals surface area contributed by atoms with Crippen LogP contribution in [0, 0.1) is 19.8 Å². The molecule has 0 radical (unpaired) electrons. The number of thioether (sulfide) groups is 1. The smallest absolute Gasteiger partial charge is 0.233 e. The van der Waals surface area contributed by atoms with Gasteiger partial charge in [0.25, 0.3) is 0 Å². The number of fused-ring (bicyclic) bond motifs is 1. The number of aryl methyl sites for hydroxylation is 2. The van der Waals surface area contributed by atoms with Gasteiger partial charge in [0.1, 0.15) is 16.2 Å². The number of aromatic nitrogens is 2. The van der Waals surface area contributed by atoms with Gasteiger partial charge >= 0.3 is 0 Å². The van der Waals surface area contributed by atoms with Crippen LogP contribution in [-0.2, 0) is 4.79 Å². The molecule has 24 heavy (non-hydrogen) atoms. The molecule has 1 aliphatic carbocycles. The number of hydrogen-bond donors (Lipinski definition) is 1. The van der Waals surface area contributed by atoms with E-state index in [0.29, 0.717) is 12.0 Å². The molecule has 1 amide bonds. The van der Waals surface area contributed by atoms with Crippen LogP contribution in [0.25, 0.3) is 10.2 Å². The van der Waals surface area contributed by atoms with Crippen LogP contribution in [0.3, 0.4) is 0 Å². The van der Waals surface area contributed by atoms with Crippen molar-refractivity contribution in [2.75, 3.05) is 0 Å². The molecule has 1 fully saturated rings. The Bertz CT molecular complexity index is 743. The summed E-state index contributed by atoms with van der Waals surface area (Å²) in [5.41, 5.74) is 1.23. The lowest BCUT2D eigenvalue weighted by Crippen LogP contribution is -2.44. The zero-order chi connectivity index (χ0) is 17.3. The summed E-state index contributed by atoms with van der Waals surface area (Å²) >= 11 is 3.23. The Hall–Kier alpha value is -1.14. The number of carbonyl (C=O) groups excluding carboxylic acids is 1. The maximum absolute atomic E-state index is 12.6. The van der Waals surface area contributed by atoms with Crippen molar-refractivity contribution < 1.29 is 4.79 Å². The monoisotopic (exact) mass is 363 g/mol. The average molecular weight is 364 g/mol. The molecule has 1 aliphatic rings. The maximum Gasteiger partial charge on any atom is 0.233 e. The molecule has 0 spiro atoms. The van der Waals surface area contributed by atoms with Crippen LogP contribution in [-0.4, -0.2) is 27.2 Å². The number of amides is 1. The molecular formula is C18H25N3OS2. The molecule has 0 unspecified atom stereocenters. The van der Waals surface area contributed by atoms with Crippen LogP contribution in [0.1, 0.15) is 50.0 Å². The minimum atomic E-state index is -0.156. The third kappa shape index (κ3) is 3.59. The predicted octanol–water partition coefficient (Wildman–Crippen LogP) is 4.48. The summed E-state index contributed by atoms with van der Waals surface area (Å²) in [5.74, 6) is 0.697. The van der Waals surface area contributed by atoms with Crippen molar-refractivity contribution in [3.05, 3.63) is 16.8 Å². The SMILES string of the molecule is Cc1sc2ncnc(S[C@H](C)C(=O)N[C@H]3CCCC[C@@H]3C)c2c1C. The number of hydrogen-bond acceptors (Lipinski definition) is 5. The fraction of sp³-hybridized carbons (Fsp3) is 0.611. The quantitative estimate of drug-likeness (QED) is 0.642. The number of nitrogens with zero attached hydrogens (tertiary/aromatic N) is 2. The molecule has 0 aromatic carbocycles. The van der Waals surface area contributed by atoms with Gasteiger partial charge in [0.15, 0.2) is 0 Å².